The van der Waals surface area contributed by atoms with Crippen LogP contribution in [0.5, 0.6) is 0 Å². The van der Waals surface area contributed by atoms with Crippen LogP contribution < -0.4 is 10.6 Å². The maximum atomic E-state index is 12.0. The van der Waals surface area contributed by atoms with Gasteiger partial charge >= 0.3 is 0 Å². The quantitative estimate of drug-likeness (QED) is 0.651. The summed E-state index contributed by atoms with van der Waals surface area (Å²) in [5.74, 6) is 1.22. The summed E-state index contributed by atoms with van der Waals surface area (Å²) in [4.78, 5) is 16.2. The SMILES string of the molecule is CCCNc1cc(C(=O)NCCCOCC(C)C)ccn1. The molecule has 0 saturated carbocycles. The first kappa shape index (κ1) is 17.4. The molecule has 0 radical (unpaired) electrons. The Morgan fingerprint density at radius 2 is 2.19 bits per heavy atom. The number of nitrogens with zero attached hydrogens (tertiary/aromatic N) is 1. The van der Waals surface area contributed by atoms with Crippen LogP contribution in [0.15, 0.2) is 18.3 Å². The molecule has 0 aliphatic rings. The zero-order chi connectivity index (χ0) is 15.5. The maximum absolute atomic E-state index is 12.0. The number of hydrogen-bond donors (Lipinski definition) is 2. The highest BCUT2D eigenvalue weighted by Gasteiger charge is 2.06. The van der Waals surface area contributed by atoms with Crippen molar-refractivity contribution in [2.45, 2.75) is 33.6 Å². The van der Waals surface area contributed by atoms with Crippen LogP contribution in [0.2, 0.25) is 0 Å². The van der Waals surface area contributed by atoms with Crippen molar-refractivity contribution in [2.75, 3.05) is 31.6 Å². The van der Waals surface area contributed by atoms with Gasteiger partial charge in [0, 0.05) is 38.1 Å². The maximum Gasteiger partial charge on any atom is 0.251 e. The summed E-state index contributed by atoms with van der Waals surface area (Å²) in [6.45, 7) is 9.25. The van der Waals surface area contributed by atoms with Gasteiger partial charge in [0.15, 0.2) is 0 Å². The number of amides is 1. The summed E-state index contributed by atoms with van der Waals surface area (Å²) in [7, 11) is 0. The second kappa shape index (κ2) is 10.2. The lowest BCUT2D eigenvalue weighted by atomic mass is 10.2. The average Bonchev–Trinajstić information content (AvgIpc) is 2.48. The molecule has 0 saturated heterocycles. The van der Waals surface area contributed by atoms with Gasteiger partial charge in [0.25, 0.3) is 5.91 Å². The van der Waals surface area contributed by atoms with Gasteiger partial charge in [-0.1, -0.05) is 20.8 Å². The second-order valence-corrected chi connectivity index (χ2v) is 5.43. The molecular weight excluding hydrogens is 266 g/mol. The van der Waals surface area contributed by atoms with Gasteiger partial charge in [-0.25, -0.2) is 4.98 Å². The molecule has 5 nitrogen and oxygen atoms in total. The van der Waals surface area contributed by atoms with E-state index < -0.39 is 0 Å². The average molecular weight is 293 g/mol. The lowest BCUT2D eigenvalue weighted by molar-refractivity contribution is 0.0925. The highest BCUT2D eigenvalue weighted by atomic mass is 16.5. The molecule has 0 aromatic carbocycles. The summed E-state index contributed by atoms with van der Waals surface area (Å²) >= 11 is 0. The molecule has 118 valence electrons. The Balaban J connectivity index is 2.28. The fourth-order valence-electron chi connectivity index (χ4n) is 1.72. The van der Waals surface area contributed by atoms with E-state index in [-0.39, 0.29) is 5.91 Å². The third-order valence-corrected chi connectivity index (χ3v) is 2.78. The summed E-state index contributed by atoms with van der Waals surface area (Å²) in [5.41, 5.74) is 0.631. The fourth-order valence-corrected chi connectivity index (χ4v) is 1.72. The fraction of sp³-hybridized carbons (Fsp3) is 0.625. The normalized spacial score (nSPS) is 10.7. The van der Waals surface area contributed by atoms with E-state index in [4.69, 9.17) is 4.74 Å². The lowest BCUT2D eigenvalue weighted by Gasteiger charge is -2.09. The molecule has 1 rings (SSSR count). The molecule has 0 atom stereocenters. The van der Waals surface area contributed by atoms with Crippen LogP contribution >= 0.6 is 0 Å². The molecule has 21 heavy (non-hydrogen) atoms. The Hall–Kier alpha value is -1.62. The van der Waals surface area contributed by atoms with Crippen LogP contribution in [0.3, 0.4) is 0 Å². The molecule has 0 aliphatic heterocycles. The first-order valence-electron chi connectivity index (χ1n) is 7.69. The van der Waals surface area contributed by atoms with Crippen LogP contribution in [0.1, 0.15) is 44.0 Å². The van der Waals surface area contributed by atoms with E-state index in [1.807, 2.05) is 0 Å². The number of carbonyl (C=O) groups excluding carboxylic acids is 1. The van der Waals surface area contributed by atoms with E-state index >= 15 is 0 Å². The molecule has 1 aromatic heterocycles. The van der Waals surface area contributed by atoms with Gasteiger partial charge in [-0.15, -0.1) is 0 Å². The number of pyridine rings is 1. The molecule has 2 N–H and O–H groups in total. The van der Waals surface area contributed by atoms with Gasteiger partial charge in [0.05, 0.1) is 0 Å². The highest BCUT2D eigenvalue weighted by molar-refractivity contribution is 5.94. The van der Waals surface area contributed by atoms with Crippen molar-refractivity contribution in [1.29, 1.82) is 0 Å². The summed E-state index contributed by atoms with van der Waals surface area (Å²) in [6.07, 6.45) is 3.50. The summed E-state index contributed by atoms with van der Waals surface area (Å²) in [5, 5.41) is 6.07. The third-order valence-electron chi connectivity index (χ3n) is 2.78. The smallest absolute Gasteiger partial charge is 0.251 e. The van der Waals surface area contributed by atoms with Gasteiger partial charge in [0.1, 0.15) is 5.82 Å². The van der Waals surface area contributed by atoms with Gasteiger partial charge < -0.3 is 15.4 Å². The minimum Gasteiger partial charge on any atom is -0.381 e. The van der Waals surface area contributed by atoms with Crippen molar-refractivity contribution < 1.29 is 9.53 Å². The molecule has 0 fully saturated rings. The van der Waals surface area contributed by atoms with E-state index in [1.54, 1.807) is 18.3 Å². The predicted octanol–water partition coefficient (Wildman–Crippen LogP) is 2.70. The van der Waals surface area contributed by atoms with Crippen molar-refractivity contribution in [3.8, 4) is 0 Å². The first-order valence-corrected chi connectivity index (χ1v) is 7.69. The Bertz CT molecular complexity index is 422. The van der Waals surface area contributed by atoms with Crippen LogP contribution in [-0.4, -0.2) is 37.2 Å². The van der Waals surface area contributed by atoms with Crippen LogP contribution in [0, 0.1) is 5.92 Å². The van der Waals surface area contributed by atoms with Crippen molar-refractivity contribution in [2.24, 2.45) is 5.92 Å². The molecule has 0 spiro atoms. The molecule has 5 heteroatoms. The van der Waals surface area contributed by atoms with E-state index in [9.17, 15) is 4.79 Å². The molecule has 0 bridgehead atoms. The van der Waals surface area contributed by atoms with Crippen molar-refractivity contribution in [3.05, 3.63) is 23.9 Å². The number of hydrogen-bond acceptors (Lipinski definition) is 4. The largest absolute Gasteiger partial charge is 0.381 e. The standard InChI is InChI=1S/C16H27N3O2/c1-4-7-17-15-11-14(6-9-18-15)16(20)19-8-5-10-21-12-13(2)3/h6,9,11,13H,4-5,7-8,10,12H2,1-3H3,(H,17,18)(H,19,20). The Morgan fingerprint density at radius 1 is 1.38 bits per heavy atom. The van der Waals surface area contributed by atoms with Crippen LogP contribution in [-0.2, 0) is 4.74 Å². The minimum atomic E-state index is -0.0687. The Morgan fingerprint density at radius 3 is 2.90 bits per heavy atom. The molecule has 1 amide bonds. The first-order chi connectivity index (χ1) is 10.1. The van der Waals surface area contributed by atoms with Crippen LogP contribution in [0.25, 0.3) is 0 Å². The minimum absolute atomic E-state index is 0.0687. The molecule has 0 aliphatic carbocycles. The van der Waals surface area contributed by atoms with E-state index in [0.29, 0.717) is 24.6 Å². The van der Waals surface area contributed by atoms with Crippen molar-refractivity contribution in [1.82, 2.24) is 10.3 Å². The summed E-state index contributed by atoms with van der Waals surface area (Å²) < 4.78 is 5.47. The number of ether oxygens (including phenoxy) is 1. The van der Waals surface area contributed by atoms with Gasteiger partial charge in [0.2, 0.25) is 0 Å². The Labute approximate surface area is 127 Å². The van der Waals surface area contributed by atoms with Crippen molar-refractivity contribution in [3.63, 3.8) is 0 Å². The topological polar surface area (TPSA) is 63.2 Å². The Kier molecular flexibility index (Phi) is 8.43. The number of aromatic nitrogens is 1. The summed E-state index contributed by atoms with van der Waals surface area (Å²) in [6, 6.07) is 3.50. The van der Waals surface area contributed by atoms with E-state index in [1.165, 1.54) is 0 Å². The zero-order valence-electron chi connectivity index (χ0n) is 13.3. The lowest BCUT2D eigenvalue weighted by Crippen LogP contribution is -2.25. The van der Waals surface area contributed by atoms with Crippen LogP contribution in [0.4, 0.5) is 5.82 Å². The highest BCUT2D eigenvalue weighted by Crippen LogP contribution is 2.06. The monoisotopic (exact) mass is 293 g/mol. The zero-order valence-corrected chi connectivity index (χ0v) is 13.3. The second-order valence-electron chi connectivity index (χ2n) is 5.43. The van der Waals surface area contributed by atoms with Crippen molar-refractivity contribution >= 4 is 11.7 Å². The molecule has 1 aromatic rings. The van der Waals surface area contributed by atoms with Gasteiger partial charge in [-0.2, -0.15) is 0 Å². The number of anilines is 1. The molecule has 1 heterocycles. The van der Waals surface area contributed by atoms with Gasteiger partial charge in [-0.05, 0) is 30.9 Å². The van der Waals surface area contributed by atoms with E-state index in [2.05, 4.69) is 36.4 Å². The third kappa shape index (κ3) is 7.66. The molecule has 0 unspecified atom stereocenters. The predicted molar refractivity (Wildman–Crippen MR) is 85.6 cm³/mol. The number of rotatable bonds is 10. The number of carbonyl (C=O) groups is 1. The van der Waals surface area contributed by atoms with E-state index in [0.717, 1.165) is 31.8 Å². The number of nitrogens with one attached hydrogen (secondary N) is 2. The molecular formula is C16H27N3O2. The van der Waals surface area contributed by atoms with Gasteiger partial charge in [-0.3, -0.25) is 4.79 Å².